The van der Waals surface area contributed by atoms with Crippen molar-refractivity contribution in [2.75, 3.05) is 32.7 Å². The van der Waals surface area contributed by atoms with Crippen LogP contribution in [0.1, 0.15) is 10.5 Å². The van der Waals surface area contributed by atoms with Gasteiger partial charge in [-0.15, -0.1) is 0 Å². The maximum atomic E-state index is 12.1. The average Bonchev–Trinajstić information content (AvgIpc) is 2.75. The molecule has 7 heteroatoms. The van der Waals surface area contributed by atoms with Crippen LogP contribution in [0.5, 0.6) is 0 Å². The highest BCUT2D eigenvalue weighted by Crippen LogP contribution is 2.06. The van der Waals surface area contributed by atoms with Gasteiger partial charge in [-0.25, -0.2) is 4.98 Å². The van der Waals surface area contributed by atoms with Gasteiger partial charge in [0.1, 0.15) is 5.69 Å². The molecule has 1 fully saturated rings. The van der Waals surface area contributed by atoms with Gasteiger partial charge in [0, 0.05) is 39.4 Å². The number of aromatic nitrogens is 2. The summed E-state index contributed by atoms with van der Waals surface area (Å²) < 4.78 is 1.73. The van der Waals surface area contributed by atoms with E-state index in [0.717, 1.165) is 0 Å². The van der Waals surface area contributed by atoms with Gasteiger partial charge in [-0.2, -0.15) is 0 Å². The topological polar surface area (TPSA) is 78.7 Å². The molecule has 98 valence electrons. The van der Waals surface area contributed by atoms with Crippen LogP contribution in [0.4, 0.5) is 0 Å². The standard InChI is InChI=1S/C11H16N4O3/c1-13-6-9(12-8-13)11(18)15-4-2-14(3-5-15)7-10(16)17/h6,8H,2-5,7H2,1H3,(H,16,17). The largest absolute Gasteiger partial charge is 0.480 e. The number of nitrogens with zero attached hydrogens (tertiary/aromatic N) is 4. The Labute approximate surface area is 105 Å². The number of carbonyl (C=O) groups excluding carboxylic acids is 1. The lowest BCUT2D eigenvalue weighted by molar-refractivity contribution is -0.138. The fourth-order valence-electron chi connectivity index (χ4n) is 1.99. The molecule has 0 unspecified atom stereocenters. The van der Waals surface area contributed by atoms with Crippen molar-refractivity contribution in [1.29, 1.82) is 0 Å². The van der Waals surface area contributed by atoms with E-state index in [4.69, 9.17) is 5.11 Å². The molecule has 1 aliphatic heterocycles. The second-order valence-corrected chi connectivity index (χ2v) is 4.39. The molecule has 1 N–H and O–H groups in total. The molecule has 0 spiro atoms. The monoisotopic (exact) mass is 252 g/mol. The van der Waals surface area contributed by atoms with Crippen molar-refractivity contribution in [3.05, 3.63) is 18.2 Å². The Kier molecular flexibility index (Phi) is 3.61. The first-order chi connectivity index (χ1) is 8.56. The zero-order valence-electron chi connectivity index (χ0n) is 10.2. The molecule has 1 saturated heterocycles. The summed E-state index contributed by atoms with van der Waals surface area (Å²) in [4.78, 5) is 30.2. The summed E-state index contributed by atoms with van der Waals surface area (Å²) in [7, 11) is 1.81. The molecule has 2 rings (SSSR count). The van der Waals surface area contributed by atoms with Gasteiger partial charge in [0.05, 0.1) is 12.9 Å². The van der Waals surface area contributed by atoms with Crippen molar-refractivity contribution >= 4 is 11.9 Å². The van der Waals surface area contributed by atoms with Gasteiger partial charge in [0.2, 0.25) is 0 Å². The summed E-state index contributed by atoms with van der Waals surface area (Å²) in [6, 6.07) is 0. The van der Waals surface area contributed by atoms with Crippen LogP contribution in [-0.2, 0) is 11.8 Å². The number of rotatable bonds is 3. The second kappa shape index (κ2) is 5.18. The van der Waals surface area contributed by atoms with E-state index in [1.54, 1.807) is 22.0 Å². The van der Waals surface area contributed by atoms with Gasteiger partial charge in [0.15, 0.2) is 0 Å². The number of hydrogen-bond acceptors (Lipinski definition) is 4. The van der Waals surface area contributed by atoms with E-state index in [1.165, 1.54) is 0 Å². The summed E-state index contributed by atoms with van der Waals surface area (Å²) in [5, 5.41) is 8.69. The van der Waals surface area contributed by atoms with Gasteiger partial charge < -0.3 is 14.6 Å². The lowest BCUT2D eigenvalue weighted by atomic mass is 10.3. The number of amides is 1. The quantitative estimate of drug-likeness (QED) is 0.766. The molecule has 1 aromatic heterocycles. The Morgan fingerprint density at radius 3 is 2.50 bits per heavy atom. The lowest BCUT2D eigenvalue weighted by Gasteiger charge is -2.33. The molecule has 1 aliphatic rings. The lowest BCUT2D eigenvalue weighted by Crippen LogP contribution is -2.50. The molecule has 1 amide bonds. The molecule has 0 saturated carbocycles. The predicted octanol–water partition coefficient (Wildman–Crippen LogP) is -0.737. The van der Waals surface area contributed by atoms with Gasteiger partial charge in [-0.05, 0) is 0 Å². The van der Waals surface area contributed by atoms with E-state index in [0.29, 0.717) is 31.9 Å². The minimum Gasteiger partial charge on any atom is -0.480 e. The van der Waals surface area contributed by atoms with Crippen molar-refractivity contribution in [1.82, 2.24) is 19.4 Å². The zero-order chi connectivity index (χ0) is 13.1. The normalized spacial score (nSPS) is 16.8. The van der Waals surface area contributed by atoms with E-state index in [-0.39, 0.29) is 12.5 Å². The smallest absolute Gasteiger partial charge is 0.317 e. The Bertz CT molecular complexity index is 449. The third-order valence-corrected chi connectivity index (χ3v) is 2.94. The van der Waals surface area contributed by atoms with Crippen LogP contribution in [0.15, 0.2) is 12.5 Å². The molecule has 7 nitrogen and oxygen atoms in total. The van der Waals surface area contributed by atoms with Gasteiger partial charge in [-0.3, -0.25) is 14.5 Å². The number of hydrogen-bond donors (Lipinski definition) is 1. The number of aliphatic carboxylic acids is 1. The summed E-state index contributed by atoms with van der Waals surface area (Å²) in [5.41, 5.74) is 0.434. The van der Waals surface area contributed by atoms with Crippen molar-refractivity contribution < 1.29 is 14.7 Å². The van der Waals surface area contributed by atoms with Crippen LogP contribution >= 0.6 is 0 Å². The fourth-order valence-corrected chi connectivity index (χ4v) is 1.99. The number of aryl methyl sites for hydroxylation is 1. The molecule has 0 bridgehead atoms. The van der Waals surface area contributed by atoms with Gasteiger partial charge >= 0.3 is 5.97 Å². The summed E-state index contributed by atoms with van der Waals surface area (Å²) in [5.74, 6) is -0.926. The molecule has 0 aliphatic carbocycles. The van der Waals surface area contributed by atoms with Gasteiger partial charge in [0.25, 0.3) is 5.91 Å². The van der Waals surface area contributed by atoms with Crippen LogP contribution in [0.25, 0.3) is 0 Å². The summed E-state index contributed by atoms with van der Waals surface area (Å²) in [6.45, 7) is 2.30. The molecular formula is C11H16N4O3. The molecule has 0 atom stereocenters. The Morgan fingerprint density at radius 1 is 1.33 bits per heavy atom. The molecule has 2 heterocycles. The van der Waals surface area contributed by atoms with Gasteiger partial charge in [-0.1, -0.05) is 0 Å². The van der Waals surface area contributed by atoms with Crippen LogP contribution in [0.3, 0.4) is 0 Å². The molecule has 0 aromatic carbocycles. The average molecular weight is 252 g/mol. The van der Waals surface area contributed by atoms with E-state index in [2.05, 4.69) is 4.98 Å². The van der Waals surface area contributed by atoms with Crippen molar-refractivity contribution in [3.63, 3.8) is 0 Å². The highest BCUT2D eigenvalue weighted by Gasteiger charge is 2.24. The second-order valence-electron chi connectivity index (χ2n) is 4.39. The summed E-state index contributed by atoms with van der Waals surface area (Å²) in [6.07, 6.45) is 3.28. The first kappa shape index (κ1) is 12.6. The SMILES string of the molecule is Cn1cnc(C(=O)N2CCN(CC(=O)O)CC2)c1. The Morgan fingerprint density at radius 2 is 2.00 bits per heavy atom. The van der Waals surface area contributed by atoms with Crippen molar-refractivity contribution in [2.24, 2.45) is 7.05 Å². The number of carboxylic acids is 1. The zero-order valence-corrected chi connectivity index (χ0v) is 10.2. The minimum atomic E-state index is -0.834. The van der Waals surface area contributed by atoms with E-state index < -0.39 is 5.97 Å². The number of carboxylic acid groups (broad SMARTS) is 1. The maximum absolute atomic E-state index is 12.1. The maximum Gasteiger partial charge on any atom is 0.317 e. The van der Waals surface area contributed by atoms with Crippen LogP contribution < -0.4 is 0 Å². The third-order valence-electron chi connectivity index (χ3n) is 2.94. The van der Waals surface area contributed by atoms with Crippen LogP contribution in [-0.4, -0.2) is 69.1 Å². The van der Waals surface area contributed by atoms with E-state index in [9.17, 15) is 9.59 Å². The molecule has 1 aromatic rings. The fraction of sp³-hybridized carbons (Fsp3) is 0.545. The molecule has 18 heavy (non-hydrogen) atoms. The number of imidazole rings is 1. The molecule has 0 radical (unpaired) electrons. The predicted molar refractivity (Wildman–Crippen MR) is 63.2 cm³/mol. The minimum absolute atomic E-state index is 0.0334. The van der Waals surface area contributed by atoms with Crippen LogP contribution in [0.2, 0.25) is 0 Å². The highest BCUT2D eigenvalue weighted by atomic mass is 16.4. The van der Waals surface area contributed by atoms with Crippen LogP contribution in [0, 0.1) is 0 Å². The Hall–Kier alpha value is -1.89. The molecular weight excluding hydrogens is 236 g/mol. The first-order valence-corrected chi connectivity index (χ1v) is 5.77. The summed E-state index contributed by atoms with van der Waals surface area (Å²) >= 11 is 0. The van der Waals surface area contributed by atoms with E-state index >= 15 is 0 Å². The Balaban J connectivity index is 1.90. The number of piperazine rings is 1. The first-order valence-electron chi connectivity index (χ1n) is 5.77. The van der Waals surface area contributed by atoms with Crippen molar-refractivity contribution in [3.8, 4) is 0 Å². The highest BCUT2D eigenvalue weighted by molar-refractivity contribution is 5.92. The van der Waals surface area contributed by atoms with Crippen molar-refractivity contribution in [2.45, 2.75) is 0 Å². The van der Waals surface area contributed by atoms with E-state index in [1.807, 2.05) is 11.9 Å². The third kappa shape index (κ3) is 2.86. The number of carbonyl (C=O) groups is 2.